The third kappa shape index (κ3) is 3.05. The van der Waals surface area contributed by atoms with E-state index >= 15 is 0 Å². The first kappa shape index (κ1) is 14.0. The molecule has 3 rings (SSSR count). The van der Waals surface area contributed by atoms with Crippen LogP contribution >= 0.6 is 11.8 Å². The van der Waals surface area contributed by atoms with Crippen molar-refractivity contribution < 1.29 is 0 Å². The van der Waals surface area contributed by atoms with Crippen molar-refractivity contribution in [1.82, 2.24) is 0 Å². The maximum Gasteiger partial charge on any atom is 0.122 e. The molecule has 2 aromatic rings. The summed E-state index contributed by atoms with van der Waals surface area (Å²) in [6.45, 7) is 0.987. The Morgan fingerprint density at radius 3 is 2.86 bits per heavy atom. The van der Waals surface area contributed by atoms with Crippen LogP contribution in [0.1, 0.15) is 11.1 Å². The first-order valence-electron chi connectivity index (χ1n) is 7.03. The molecule has 1 atom stereocenters. The summed E-state index contributed by atoms with van der Waals surface area (Å²) in [7, 11) is 2.10. The van der Waals surface area contributed by atoms with Crippen LogP contribution in [-0.4, -0.2) is 24.7 Å². The molecule has 0 spiro atoms. The fourth-order valence-electron chi connectivity index (χ4n) is 2.68. The summed E-state index contributed by atoms with van der Waals surface area (Å²) in [4.78, 5) is 3.66. The van der Waals surface area contributed by atoms with Crippen LogP contribution in [0, 0.1) is 5.41 Å². The van der Waals surface area contributed by atoms with Gasteiger partial charge in [-0.05, 0) is 30.2 Å². The van der Waals surface area contributed by atoms with Crippen molar-refractivity contribution >= 4 is 23.3 Å². The van der Waals surface area contributed by atoms with E-state index in [-0.39, 0.29) is 5.84 Å². The minimum atomic E-state index is 0.118. The zero-order valence-electron chi connectivity index (χ0n) is 12.0. The fraction of sp³-hybridized carbons (Fsp3) is 0.235. The molecule has 1 heterocycles. The van der Waals surface area contributed by atoms with Gasteiger partial charge in [0.25, 0.3) is 0 Å². The van der Waals surface area contributed by atoms with E-state index in [9.17, 15) is 0 Å². The zero-order valence-corrected chi connectivity index (χ0v) is 12.9. The second-order valence-corrected chi connectivity index (χ2v) is 6.74. The number of hydrogen-bond acceptors (Lipinski definition) is 3. The Hall–Kier alpha value is -1.94. The Morgan fingerprint density at radius 2 is 2.10 bits per heavy atom. The van der Waals surface area contributed by atoms with Gasteiger partial charge in [-0.15, -0.1) is 11.8 Å². The highest BCUT2D eigenvalue weighted by Crippen LogP contribution is 2.37. The summed E-state index contributed by atoms with van der Waals surface area (Å²) in [6.07, 6.45) is 1.12. The van der Waals surface area contributed by atoms with E-state index in [0.717, 1.165) is 24.2 Å². The van der Waals surface area contributed by atoms with Gasteiger partial charge in [-0.25, -0.2) is 0 Å². The van der Waals surface area contributed by atoms with Gasteiger partial charge in [-0.2, -0.15) is 0 Å². The Labute approximate surface area is 129 Å². The summed E-state index contributed by atoms with van der Waals surface area (Å²) in [5, 5.41) is 8.12. The lowest BCUT2D eigenvalue weighted by atomic mass is 10.1. The van der Waals surface area contributed by atoms with Gasteiger partial charge in [-0.1, -0.05) is 30.3 Å². The molecule has 1 unspecified atom stereocenters. The van der Waals surface area contributed by atoms with Gasteiger partial charge in [-0.3, -0.25) is 5.41 Å². The summed E-state index contributed by atoms with van der Waals surface area (Å²) in [5.74, 6) is 0.118. The van der Waals surface area contributed by atoms with Gasteiger partial charge in [0, 0.05) is 35.0 Å². The van der Waals surface area contributed by atoms with Crippen molar-refractivity contribution in [3.05, 3.63) is 59.7 Å². The van der Waals surface area contributed by atoms with E-state index in [0.29, 0.717) is 5.25 Å². The monoisotopic (exact) mass is 297 g/mol. The molecule has 0 amide bonds. The largest absolute Gasteiger partial charge is 0.384 e. The number of thioether (sulfide) groups is 1. The smallest absolute Gasteiger partial charge is 0.122 e. The summed E-state index contributed by atoms with van der Waals surface area (Å²) < 4.78 is 0. The number of rotatable bonds is 4. The SMILES string of the molecule is CN(CC1Cc2ccccc2S1)c1cccc(C(=N)N)c1. The van der Waals surface area contributed by atoms with E-state index < -0.39 is 0 Å². The van der Waals surface area contributed by atoms with E-state index in [1.54, 1.807) is 0 Å². The minimum absolute atomic E-state index is 0.118. The third-order valence-corrected chi connectivity index (χ3v) is 5.09. The lowest BCUT2D eigenvalue weighted by Gasteiger charge is -2.23. The van der Waals surface area contributed by atoms with Crippen LogP contribution in [0.2, 0.25) is 0 Å². The standard InChI is InChI=1S/C17H19N3S/c1-20(14-7-4-6-13(9-14)17(18)19)11-15-10-12-5-2-3-8-16(12)21-15/h2-9,15H,10-11H2,1H3,(H3,18,19). The van der Waals surface area contributed by atoms with Crippen LogP contribution in [-0.2, 0) is 6.42 Å². The van der Waals surface area contributed by atoms with Gasteiger partial charge in [0.2, 0.25) is 0 Å². The fourth-order valence-corrected chi connectivity index (χ4v) is 4.06. The van der Waals surface area contributed by atoms with Crippen molar-refractivity contribution in [2.75, 3.05) is 18.5 Å². The van der Waals surface area contributed by atoms with E-state index in [1.807, 2.05) is 30.0 Å². The van der Waals surface area contributed by atoms with Gasteiger partial charge < -0.3 is 10.6 Å². The highest BCUT2D eigenvalue weighted by Gasteiger charge is 2.23. The average molecular weight is 297 g/mol. The van der Waals surface area contributed by atoms with Crippen molar-refractivity contribution in [2.24, 2.45) is 5.73 Å². The maximum atomic E-state index is 7.54. The van der Waals surface area contributed by atoms with E-state index in [2.05, 4.69) is 42.3 Å². The normalized spacial score (nSPS) is 16.5. The molecule has 2 aromatic carbocycles. The summed E-state index contributed by atoms with van der Waals surface area (Å²) >= 11 is 1.96. The molecular weight excluding hydrogens is 278 g/mol. The molecule has 108 valence electrons. The maximum absolute atomic E-state index is 7.54. The number of amidine groups is 1. The van der Waals surface area contributed by atoms with Gasteiger partial charge in [0.15, 0.2) is 0 Å². The molecule has 0 saturated heterocycles. The van der Waals surface area contributed by atoms with Crippen molar-refractivity contribution in [3.8, 4) is 0 Å². The quantitative estimate of drug-likeness (QED) is 0.673. The number of fused-ring (bicyclic) bond motifs is 1. The van der Waals surface area contributed by atoms with E-state index in [1.165, 1.54) is 10.5 Å². The molecule has 0 aromatic heterocycles. The Bertz CT molecular complexity index is 644. The number of benzene rings is 2. The molecule has 3 N–H and O–H groups in total. The second kappa shape index (κ2) is 5.82. The number of nitrogen functional groups attached to an aromatic ring is 1. The number of hydrogen-bond donors (Lipinski definition) is 2. The van der Waals surface area contributed by atoms with Gasteiger partial charge in [0.1, 0.15) is 5.84 Å². The van der Waals surface area contributed by atoms with Crippen LogP contribution < -0.4 is 10.6 Å². The first-order chi connectivity index (χ1) is 10.1. The topological polar surface area (TPSA) is 53.1 Å². The Kier molecular flexibility index (Phi) is 3.88. The highest BCUT2D eigenvalue weighted by atomic mass is 32.2. The Morgan fingerprint density at radius 1 is 1.29 bits per heavy atom. The van der Waals surface area contributed by atoms with Gasteiger partial charge in [0.05, 0.1) is 0 Å². The van der Waals surface area contributed by atoms with Crippen LogP contribution in [0.4, 0.5) is 5.69 Å². The third-order valence-electron chi connectivity index (χ3n) is 3.79. The highest BCUT2D eigenvalue weighted by molar-refractivity contribution is 8.00. The molecule has 0 bridgehead atoms. The predicted molar refractivity (Wildman–Crippen MR) is 90.5 cm³/mol. The number of nitrogens with one attached hydrogen (secondary N) is 1. The second-order valence-electron chi connectivity index (χ2n) is 5.40. The van der Waals surface area contributed by atoms with Crippen molar-refractivity contribution in [2.45, 2.75) is 16.6 Å². The van der Waals surface area contributed by atoms with Crippen LogP contribution in [0.3, 0.4) is 0 Å². The molecule has 3 nitrogen and oxygen atoms in total. The summed E-state index contributed by atoms with van der Waals surface area (Å²) in [6, 6.07) is 16.5. The lowest BCUT2D eigenvalue weighted by molar-refractivity contribution is 0.814. The van der Waals surface area contributed by atoms with Crippen LogP contribution in [0.5, 0.6) is 0 Å². The number of anilines is 1. The zero-order chi connectivity index (χ0) is 14.8. The minimum Gasteiger partial charge on any atom is -0.384 e. The average Bonchev–Trinajstić information content (AvgIpc) is 2.89. The first-order valence-corrected chi connectivity index (χ1v) is 7.91. The predicted octanol–water partition coefficient (Wildman–Crippen LogP) is 3.12. The molecule has 0 radical (unpaired) electrons. The molecule has 0 aliphatic carbocycles. The van der Waals surface area contributed by atoms with Gasteiger partial charge >= 0.3 is 0 Å². The lowest BCUT2D eigenvalue weighted by Crippen LogP contribution is -2.27. The number of nitrogens with two attached hydrogens (primary N) is 1. The molecule has 1 aliphatic rings. The van der Waals surface area contributed by atoms with Crippen molar-refractivity contribution in [1.29, 1.82) is 5.41 Å². The Balaban J connectivity index is 1.69. The van der Waals surface area contributed by atoms with Crippen LogP contribution in [0.25, 0.3) is 0 Å². The van der Waals surface area contributed by atoms with E-state index in [4.69, 9.17) is 11.1 Å². The molecular formula is C17H19N3S. The number of nitrogens with zero attached hydrogens (tertiary/aromatic N) is 1. The molecule has 21 heavy (non-hydrogen) atoms. The summed E-state index contributed by atoms with van der Waals surface area (Å²) in [5.41, 5.74) is 8.91. The van der Waals surface area contributed by atoms with Crippen molar-refractivity contribution in [3.63, 3.8) is 0 Å². The molecule has 1 aliphatic heterocycles. The van der Waals surface area contributed by atoms with Crippen LogP contribution in [0.15, 0.2) is 53.4 Å². The molecule has 0 saturated carbocycles. The molecule has 4 heteroatoms. The molecule has 0 fully saturated rings.